The Morgan fingerprint density at radius 1 is 1.30 bits per heavy atom. The van der Waals surface area contributed by atoms with Gasteiger partial charge in [-0.2, -0.15) is 0 Å². The smallest absolute Gasteiger partial charge is 0.271 e. The van der Waals surface area contributed by atoms with Crippen LogP contribution in [0.2, 0.25) is 0 Å². The van der Waals surface area contributed by atoms with Crippen LogP contribution in [0.5, 0.6) is 0 Å². The van der Waals surface area contributed by atoms with Crippen molar-refractivity contribution in [1.29, 1.82) is 0 Å². The van der Waals surface area contributed by atoms with Gasteiger partial charge in [0, 0.05) is 26.6 Å². The fourth-order valence-electron chi connectivity index (χ4n) is 3.53. The average Bonchev–Trinajstić information content (AvgIpc) is 2.54. The van der Waals surface area contributed by atoms with Crippen LogP contribution in [0.4, 0.5) is 5.82 Å². The third kappa shape index (κ3) is 3.45. The zero-order valence-electron chi connectivity index (χ0n) is 13.7. The molecule has 2 fully saturated rings. The van der Waals surface area contributed by atoms with E-state index in [0.29, 0.717) is 25.1 Å². The molecule has 1 amide bonds. The molecule has 7 nitrogen and oxygen atoms in total. The van der Waals surface area contributed by atoms with Gasteiger partial charge in [-0.1, -0.05) is 0 Å². The van der Waals surface area contributed by atoms with E-state index in [1.165, 1.54) is 0 Å². The molecule has 1 aromatic heterocycles. The number of nitrogens with zero attached hydrogens (tertiary/aromatic N) is 3. The Morgan fingerprint density at radius 3 is 2.61 bits per heavy atom. The molecule has 1 aromatic rings. The second-order valence-corrected chi connectivity index (χ2v) is 6.80. The van der Waals surface area contributed by atoms with Crippen molar-refractivity contribution in [2.24, 2.45) is 0 Å². The highest BCUT2D eigenvalue weighted by atomic mass is 16.5. The van der Waals surface area contributed by atoms with Crippen molar-refractivity contribution in [3.63, 3.8) is 0 Å². The average molecular weight is 320 g/mol. The van der Waals surface area contributed by atoms with Crippen LogP contribution < -0.4 is 10.2 Å². The summed E-state index contributed by atoms with van der Waals surface area (Å²) in [5.74, 6) is 0.537. The van der Waals surface area contributed by atoms with Gasteiger partial charge in [0.2, 0.25) is 0 Å². The number of hydrogen-bond donors (Lipinski definition) is 2. The molecule has 0 aromatic carbocycles. The Labute approximate surface area is 136 Å². The highest BCUT2D eigenvalue weighted by molar-refractivity contribution is 5.91. The lowest BCUT2D eigenvalue weighted by molar-refractivity contribution is -0.162. The van der Waals surface area contributed by atoms with Crippen molar-refractivity contribution in [3.8, 4) is 0 Å². The number of hydrogen-bond acceptors (Lipinski definition) is 6. The fourth-order valence-corrected chi connectivity index (χ4v) is 3.53. The lowest BCUT2D eigenvalue weighted by Gasteiger charge is -2.48. The van der Waals surface area contributed by atoms with Crippen LogP contribution in [0.3, 0.4) is 0 Å². The predicted octanol–water partition coefficient (Wildman–Crippen LogP) is 0.737. The number of amides is 1. The van der Waals surface area contributed by atoms with Crippen LogP contribution in [-0.2, 0) is 4.74 Å². The largest absolute Gasteiger partial charge is 0.390 e. The van der Waals surface area contributed by atoms with Crippen molar-refractivity contribution < 1.29 is 14.6 Å². The van der Waals surface area contributed by atoms with Gasteiger partial charge in [-0.25, -0.2) is 0 Å². The molecule has 3 rings (SSSR count). The standard InChI is InChI=1S/C16H24N4O3/c1-15(22)7-10-23-16(11-15)5-8-20(9-6-16)13-4-3-12(18-19-13)14(21)17-2/h3-4,22H,5-11H2,1-2H3,(H,17,21). The van der Waals surface area contributed by atoms with E-state index in [9.17, 15) is 9.90 Å². The summed E-state index contributed by atoms with van der Waals surface area (Å²) in [5, 5.41) is 21.0. The molecule has 0 radical (unpaired) electrons. The van der Waals surface area contributed by atoms with Crippen molar-refractivity contribution in [3.05, 3.63) is 17.8 Å². The number of carbonyl (C=O) groups is 1. The predicted molar refractivity (Wildman–Crippen MR) is 85.4 cm³/mol. The van der Waals surface area contributed by atoms with Crippen LogP contribution >= 0.6 is 0 Å². The maximum Gasteiger partial charge on any atom is 0.271 e. The van der Waals surface area contributed by atoms with Gasteiger partial charge in [-0.05, 0) is 38.3 Å². The molecule has 1 spiro atoms. The van der Waals surface area contributed by atoms with Crippen molar-refractivity contribution >= 4 is 11.7 Å². The minimum absolute atomic E-state index is 0.215. The quantitative estimate of drug-likeness (QED) is 0.835. The number of carbonyl (C=O) groups excluding carboxylic acids is 1. The molecular formula is C16H24N4O3. The summed E-state index contributed by atoms with van der Waals surface area (Å²) in [7, 11) is 1.57. The maximum atomic E-state index is 11.5. The van der Waals surface area contributed by atoms with Gasteiger partial charge in [-0.15, -0.1) is 10.2 Å². The second kappa shape index (κ2) is 6.05. The summed E-state index contributed by atoms with van der Waals surface area (Å²) in [5.41, 5.74) is -0.528. The molecule has 0 bridgehead atoms. The number of rotatable bonds is 2. The third-order valence-electron chi connectivity index (χ3n) is 4.86. The lowest BCUT2D eigenvalue weighted by Crippen LogP contribution is -2.53. The fraction of sp³-hybridized carbons (Fsp3) is 0.688. The van der Waals surface area contributed by atoms with Crippen LogP contribution in [-0.4, -0.2) is 59.2 Å². The molecule has 0 saturated carbocycles. The van der Waals surface area contributed by atoms with Crippen LogP contribution in [0.1, 0.15) is 43.1 Å². The number of nitrogens with one attached hydrogen (secondary N) is 1. The zero-order valence-corrected chi connectivity index (χ0v) is 13.7. The van der Waals surface area contributed by atoms with Gasteiger partial charge in [0.25, 0.3) is 5.91 Å². The van der Waals surface area contributed by atoms with Crippen LogP contribution in [0.15, 0.2) is 12.1 Å². The first-order valence-electron chi connectivity index (χ1n) is 8.10. The van der Waals surface area contributed by atoms with Crippen LogP contribution in [0, 0.1) is 0 Å². The number of aliphatic hydroxyl groups is 1. The highest BCUT2D eigenvalue weighted by Crippen LogP contribution is 2.39. The molecule has 2 saturated heterocycles. The molecule has 7 heteroatoms. The summed E-state index contributed by atoms with van der Waals surface area (Å²) < 4.78 is 6.02. The third-order valence-corrected chi connectivity index (χ3v) is 4.86. The van der Waals surface area contributed by atoms with Gasteiger partial charge in [-0.3, -0.25) is 4.79 Å². The second-order valence-electron chi connectivity index (χ2n) is 6.80. The number of anilines is 1. The molecule has 23 heavy (non-hydrogen) atoms. The summed E-state index contributed by atoms with van der Waals surface area (Å²) in [4.78, 5) is 13.6. The van der Waals surface area contributed by atoms with E-state index in [0.717, 1.165) is 31.7 Å². The van der Waals surface area contributed by atoms with Gasteiger partial charge >= 0.3 is 0 Å². The molecule has 126 valence electrons. The summed E-state index contributed by atoms with van der Waals surface area (Å²) in [6, 6.07) is 3.51. The van der Waals surface area contributed by atoms with E-state index in [1.807, 2.05) is 13.0 Å². The van der Waals surface area contributed by atoms with E-state index >= 15 is 0 Å². The monoisotopic (exact) mass is 320 g/mol. The molecule has 2 aliphatic rings. The Kier molecular flexibility index (Phi) is 4.25. The van der Waals surface area contributed by atoms with E-state index in [-0.39, 0.29) is 11.5 Å². The zero-order chi connectivity index (χ0) is 16.5. The number of ether oxygens (including phenoxy) is 1. The van der Waals surface area contributed by atoms with E-state index in [1.54, 1.807) is 13.1 Å². The van der Waals surface area contributed by atoms with Gasteiger partial charge in [0.15, 0.2) is 11.5 Å². The normalized spacial score (nSPS) is 27.0. The summed E-state index contributed by atoms with van der Waals surface area (Å²) in [6.45, 7) is 4.13. The minimum atomic E-state index is -0.630. The van der Waals surface area contributed by atoms with Crippen molar-refractivity contribution in [1.82, 2.24) is 15.5 Å². The lowest BCUT2D eigenvalue weighted by atomic mass is 9.78. The molecule has 1 unspecified atom stereocenters. The molecule has 3 heterocycles. The number of piperidine rings is 1. The van der Waals surface area contributed by atoms with E-state index in [2.05, 4.69) is 20.4 Å². The minimum Gasteiger partial charge on any atom is -0.390 e. The Hall–Kier alpha value is -1.73. The Balaban J connectivity index is 1.64. The first-order valence-corrected chi connectivity index (χ1v) is 8.10. The van der Waals surface area contributed by atoms with Crippen molar-refractivity contribution in [2.45, 2.75) is 43.8 Å². The van der Waals surface area contributed by atoms with Crippen molar-refractivity contribution in [2.75, 3.05) is 31.6 Å². The SMILES string of the molecule is CNC(=O)c1ccc(N2CCC3(CC2)CC(C)(O)CCO3)nn1. The molecule has 0 aliphatic carbocycles. The highest BCUT2D eigenvalue weighted by Gasteiger charge is 2.44. The first kappa shape index (κ1) is 16.1. The summed E-state index contributed by atoms with van der Waals surface area (Å²) >= 11 is 0. The van der Waals surface area contributed by atoms with Gasteiger partial charge < -0.3 is 20.1 Å². The topological polar surface area (TPSA) is 87.6 Å². The first-order chi connectivity index (χ1) is 10.9. The van der Waals surface area contributed by atoms with Gasteiger partial charge in [0.1, 0.15) is 0 Å². The number of aromatic nitrogens is 2. The molecular weight excluding hydrogens is 296 g/mol. The van der Waals surface area contributed by atoms with E-state index < -0.39 is 5.60 Å². The summed E-state index contributed by atoms with van der Waals surface area (Å²) in [6.07, 6.45) is 3.12. The molecule has 2 aliphatic heterocycles. The maximum absolute atomic E-state index is 11.5. The van der Waals surface area contributed by atoms with Gasteiger partial charge in [0.05, 0.1) is 17.8 Å². The Bertz CT molecular complexity index is 565. The van der Waals surface area contributed by atoms with E-state index in [4.69, 9.17) is 4.74 Å². The molecule has 2 N–H and O–H groups in total. The molecule has 1 atom stereocenters. The van der Waals surface area contributed by atoms with Crippen LogP contribution in [0.25, 0.3) is 0 Å². The Morgan fingerprint density at radius 2 is 2.04 bits per heavy atom.